The standard InChI is InChI=1S/C16H26N4O/c1-4-17-16(20-12(2)3)19-10-14-7-8-15(18-9-14)21-11-13-5-6-13/h7-9,12-13H,4-6,10-11H2,1-3H3,(H2,17,19,20). The first-order chi connectivity index (χ1) is 10.2. The summed E-state index contributed by atoms with van der Waals surface area (Å²) < 4.78 is 5.63. The van der Waals surface area contributed by atoms with E-state index in [1.165, 1.54) is 12.8 Å². The number of pyridine rings is 1. The second-order valence-electron chi connectivity index (χ2n) is 5.75. The average Bonchev–Trinajstić information content (AvgIpc) is 3.27. The molecule has 1 aliphatic rings. The lowest BCUT2D eigenvalue weighted by atomic mass is 10.3. The summed E-state index contributed by atoms with van der Waals surface area (Å²) in [6, 6.07) is 4.31. The summed E-state index contributed by atoms with van der Waals surface area (Å²) in [5, 5.41) is 6.52. The van der Waals surface area contributed by atoms with Crippen LogP contribution in [0.15, 0.2) is 23.3 Å². The van der Waals surface area contributed by atoms with E-state index in [0.29, 0.717) is 18.5 Å². The van der Waals surface area contributed by atoms with Crippen molar-refractivity contribution in [2.75, 3.05) is 13.2 Å². The predicted molar refractivity (Wildman–Crippen MR) is 85.5 cm³/mol. The molecular weight excluding hydrogens is 264 g/mol. The molecule has 0 bridgehead atoms. The molecule has 1 aromatic heterocycles. The molecule has 0 unspecified atom stereocenters. The Balaban J connectivity index is 1.85. The van der Waals surface area contributed by atoms with Gasteiger partial charge in [-0.1, -0.05) is 6.07 Å². The molecule has 1 aromatic rings. The van der Waals surface area contributed by atoms with Crippen LogP contribution in [-0.2, 0) is 6.54 Å². The zero-order valence-electron chi connectivity index (χ0n) is 13.2. The molecule has 0 amide bonds. The van der Waals surface area contributed by atoms with E-state index in [4.69, 9.17) is 4.74 Å². The monoisotopic (exact) mass is 290 g/mol. The van der Waals surface area contributed by atoms with Crippen LogP contribution in [0.25, 0.3) is 0 Å². The fraction of sp³-hybridized carbons (Fsp3) is 0.625. The maximum absolute atomic E-state index is 5.63. The first-order valence-corrected chi connectivity index (χ1v) is 7.80. The molecule has 116 valence electrons. The Hall–Kier alpha value is -1.78. The Morgan fingerprint density at radius 3 is 2.81 bits per heavy atom. The van der Waals surface area contributed by atoms with E-state index in [-0.39, 0.29) is 0 Å². The number of ether oxygens (including phenoxy) is 1. The SMILES string of the molecule is CCNC(=NCc1ccc(OCC2CC2)nc1)NC(C)C. The van der Waals surface area contributed by atoms with Crippen LogP contribution in [0.4, 0.5) is 0 Å². The Morgan fingerprint density at radius 2 is 2.24 bits per heavy atom. The van der Waals surface area contributed by atoms with E-state index < -0.39 is 0 Å². The number of aliphatic imine (C=N–C) groups is 1. The second kappa shape index (κ2) is 7.86. The second-order valence-corrected chi connectivity index (χ2v) is 5.75. The maximum atomic E-state index is 5.63. The van der Waals surface area contributed by atoms with Gasteiger partial charge in [0.2, 0.25) is 5.88 Å². The average molecular weight is 290 g/mol. The predicted octanol–water partition coefficient (Wildman–Crippen LogP) is 2.33. The van der Waals surface area contributed by atoms with Crippen LogP contribution in [0.3, 0.4) is 0 Å². The molecule has 21 heavy (non-hydrogen) atoms. The lowest BCUT2D eigenvalue weighted by Gasteiger charge is -2.13. The molecule has 1 fully saturated rings. The number of nitrogens with zero attached hydrogens (tertiary/aromatic N) is 2. The molecule has 1 aliphatic carbocycles. The van der Waals surface area contributed by atoms with Gasteiger partial charge in [-0.25, -0.2) is 9.98 Å². The van der Waals surface area contributed by atoms with E-state index in [1.807, 2.05) is 18.3 Å². The van der Waals surface area contributed by atoms with Gasteiger partial charge in [-0.15, -0.1) is 0 Å². The van der Waals surface area contributed by atoms with Crippen molar-refractivity contribution < 1.29 is 4.74 Å². The number of aromatic nitrogens is 1. The molecule has 5 heteroatoms. The summed E-state index contributed by atoms with van der Waals surface area (Å²) in [6.07, 6.45) is 4.43. The molecule has 5 nitrogen and oxygen atoms in total. The number of rotatable bonds is 7. The van der Waals surface area contributed by atoms with Gasteiger partial charge < -0.3 is 15.4 Å². The molecule has 1 heterocycles. The summed E-state index contributed by atoms with van der Waals surface area (Å²) in [6.45, 7) is 8.52. The van der Waals surface area contributed by atoms with Crippen molar-refractivity contribution in [3.63, 3.8) is 0 Å². The number of hydrogen-bond acceptors (Lipinski definition) is 3. The summed E-state index contributed by atoms with van der Waals surface area (Å²) in [4.78, 5) is 8.88. The highest BCUT2D eigenvalue weighted by atomic mass is 16.5. The topological polar surface area (TPSA) is 58.5 Å². The minimum Gasteiger partial charge on any atom is -0.477 e. The van der Waals surface area contributed by atoms with Gasteiger partial charge in [0.1, 0.15) is 0 Å². The summed E-state index contributed by atoms with van der Waals surface area (Å²) in [7, 11) is 0. The van der Waals surface area contributed by atoms with Gasteiger partial charge in [-0.3, -0.25) is 0 Å². The largest absolute Gasteiger partial charge is 0.477 e. The summed E-state index contributed by atoms with van der Waals surface area (Å²) in [5.74, 6) is 2.30. The molecule has 0 spiro atoms. The number of hydrogen-bond donors (Lipinski definition) is 2. The van der Waals surface area contributed by atoms with E-state index in [0.717, 1.165) is 30.6 Å². The van der Waals surface area contributed by atoms with Crippen LogP contribution in [0.2, 0.25) is 0 Å². The Morgan fingerprint density at radius 1 is 1.43 bits per heavy atom. The zero-order chi connectivity index (χ0) is 15.1. The quantitative estimate of drug-likeness (QED) is 0.598. The highest BCUT2D eigenvalue weighted by Gasteiger charge is 2.21. The maximum Gasteiger partial charge on any atom is 0.213 e. The van der Waals surface area contributed by atoms with Crippen LogP contribution in [0.5, 0.6) is 5.88 Å². The van der Waals surface area contributed by atoms with Gasteiger partial charge in [-0.2, -0.15) is 0 Å². The van der Waals surface area contributed by atoms with Crippen LogP contribution in [-0.4, -0.2) is 30.1 Å². The van der Waals surface area contributed by atoms with Crippen molar-refractivity contribution in [2.24, 2.45) is 10.9 Å². The minimum atomic E-state index is 0.360. The van der Waals surface area contributed by atoms with Gasteiger partial charge in [0.15, 0.2) is 5.96 Å². The van der Waals surface area contributed by atoms with E-state index >= 15 is 0 Å². The van der Waals surface area contributed by atoms with Gasteiger partial charge in [0, 0.05) is 24.8 Å². The van der Waals surface area contributed by atoms with Crippen molar-refractivity contribution in [2.45, 2.75) is 46.2 Å². The zero-order valence-corrected chi connectivity index (χ0v) is 13.2. The van der Waals surface area contributed by atoms with E-state index in [2.05, 4.69) is 41.4 Å². The van der Waals surface area contributed by atoms with Gasteiger partial charge >= 0.3 is 0 Å². The summed E-state index contributed by atoms with van der Waals surface area (Å²) >= 11 is 0. The van der Waals surface area contributed by atoms with Gasteiger partial charge in [0.05, 0.1) is 13.2 Å². The van der Waals surface area contributed by atoms with Crippen LogP contribution >= 0.6 is 0 Å². The normalized spacial score (nSPS) is 15.1. The lowest BCUT2D eigenvalue weighted by Crippen LogP contribution is -2.40. The first kappa shape index (κ1) is 15.6. The molecular formula is C16H26N4O. The molecule has 0 atom stereocenters. The van der Waals surface area contributed by atoms with Crippen LogP contribution in [0, 0.1) is 5.92 Å². The third-order valence-corrected chi connectivity index (χ3v) is 3.15. The Labute approximate surface area is 127 Å². The van der Waals surface area contributed by atoms with Crippen LogP contribution in [0.1, 0.15) is 39.2 Å². The third-order valence-electron chi connectivity index (χ3n) is 3.15. The fourth-order valence-electron chi connectivity index (χ4n) is 1.84. The van der Waals surface area contributed by atoms with Crippen molar-refractivity contribution in [3.05, 3.63) is 23.9 Å². The molecule has 0 saturated heterocycles. The van der Waals surface area contributed by atoms with Gasteiger partial charge in [-0.05, 0) is 45.1 Å². The molecule has 2 rings (SSSR count). The Kier molecular flexibility index (Phi) is 5.84. The fourth-order valence-corrected chi connectivity index (χ4v) is 1.84. The highest BCUT2D eigenvalue weighted by Crippen LogP contribution is 2.29. The first-order valence-electron chi connectivity index (χ1n) is 7.80. The van der Waals surface area contributed by atoms with Crippen molar-refractivity contribution in [1.29, 1.82) is 0 Å². The van der Waals surface area contributed by atoms with E-state index in [1.54, 1.807) is 0 Å². The molecule has 0 aromatic carbocycles. The van der Waals surface area contributed by atoms with Crippen LogP contribution < -0.4 is 15.4 Å². The van der Waals surface area contributed by atoms with Crippen molar-refractivity contribution in [3.8, 4) is 5.88 Å². The van der Waals surface area contributed by atoms with Crippen molar-refractivity contribution in [1.82, 2.24) is 15.6 Å². The van der Waals surface area contributed by atoms with Gasteiger partial charge in [0.25, 0.3) is 0 Å². The Bertz CT molecular complexity index is 452. The lowest BCUT2D eigenvalue weighted by molar-refractivity contribution is 0.288. The molecule has 1 saturated carbocycles. The minimum absolute atomic E-state index is 0.360. The number of guanidine groups is 1. The van der Waals surface area contributed by atoms with Crippen molar-refractivity contribution >= 4 is 5.96 Å². The van der Waals surface area contributed by atoms with E-state index in [9.17, 15) is 0 Å². The highest BCUT2D eigenvalue weighted by molar-refractivity contribution is 5.79. The molecule has 0 aliphatic heterocycles. The molecule has 0 radical (unpaired) electrons. The number of nitrogens with one attached hydrogen (secondary N) is 2. The smallest absolute Gasteiger partial charge is 0.213 e. The third kappa shape index (κ3) is 6.02. The molecule has 2 N–H and O–H groups in total. The summed E-state index contributed by atoms with van der Waals surface area (Å²) in [5.41, 5.74) is 1.08.